The van der Waals surface area contributed by atoms with Crippen LogP contribution in [0.1, 0.15) is 0 Å². The molecule has 0 saturated carbocycles. The standard InChI is InChI=1S/C9H3/c1-3-5-7-9-8-6-4-2/h1-2,9H. The molecule has 0 amide bonds. The molecule has 0 aliphatic rings. The second-order valence-corrected chi connectivity index (χ2v) is 0.972. The first-order valence-corrected chi connectivity index (χ1v) is 2.15. The van der Waals surface area contributed by atoms with E-state index in [0.717, 1.165) is 0 Å². The van der Waals surface area contributed by atoms with Crippen molar-refractivity contribution in [2.45, 2.75) is 0 Å². The minimum atomic E-state index is 1.42. The van der Waals surface area contributed by atoms with Crippen LogP contribution < -0.4 is 0 Å². The highest BCUT2D eigenvalue weighted by Gasteiger charge is 1.62. The molecule has 0 bridgehead atoms. The summed E-state index contributed by atoms with van der Waals surface area (Å²) in [5, 5.41) is 0. The Morgan fingerprint density at radius 3 is 1.67 bits per heavy atom. The van der Waals surface area contributed by atoms with Gasteiger partial charge in [0.15, 0.2) is 0 Å². The molecule has 0 aromatic heterocycles. The Morgan fingerprint density at radius 2 is 1.33 bits per heavy atom. The summed E-state index contributed by atoms with van der Waals surface area (Å²) < 4.78 is 0. The molecule has 0 aromatic rings. The summed E-state index contributed by atoms with van der Waals surface area (Å²) in [4.78, 5) is 0. The van der Waals surface area contributed by atoms with Crippen LogP contribution in [0.15, 0.2) is 0 Å². The third kappa shape index (κ3) is 6.24. The maximum Gasteiger partial charge on any atom is 0.108 e. The number of rotatable bonds is 0. The van der Waals surface area contributed by atoms with Crippen molar-refractivity contribution in [3.63, 3.8) is 0 Å². The first kappa shape index (κ1) is 7.24. The van der Waals surface area contributed by atoms with Crippen molar-refractivity contribution in [1.29, 1.82) is 0 Å². The van der Waals surface area contributed by atoms with Gasteiger partial charge in [0, 0.05) is 0 Å². The Kier molecular flexibility index (Phi) is 5.02. The normalized spacial score (nSPS) is 4.22. The van der Waals surface area contributed by atoms with Crippen LogP contribution in [0.4, 0.5) is 0 Å². The van der Waals surface area contributed by atoms with E-state index in [1.807, 2.05) is 0 Å². The molecule has 0 spiro atoms. The van der Waals surface area contributed by atoms with Crippen molar-refractivity contribution in [2.75, 3.05) is 0 Å². The van der Waals surface area contributed by atoms with Crippen LogP contribution in [0.5, 0.6) is 0 Å². The second-order valence-electron chi connectivity index (χ2n) is 0.972. The van der Waals surface area contributed by atoms with Crippen molar-refractivity contribution >= 4 is 0 Å². The van der Waals surface area contributed by atoms with Crippen molar-refractivity contribution in [2.24, 2.45) is 0 Å². The molecule has 0 fully saturated rings. The summed E-state index contributed by atoms with van der Waals surface area (Å²) in [7, 11) is 0. The summed E-state index contributed by atoms with van der Waals surface area (Å²) in [5.41, 5.74) is 0. The molecular formula is C9H3. The Balaban J connectivity index is 3.59. The predicted octanol–water partition coefficient (Wildman–Crippen LogP) is 0.464. The van der Waals surface area contributed by atoms with Crippen molar-refractivity contribution in [1.82, 2.24) is 0 Å². The zero-order chi connectivity index (χ0) is 6.95. The van der Waals surface area contributed by atoms with Crippen LogP contribution in [0, 0.1) is 54.8 Å². The molecule has 0 aromatic carbocycles. The molecule has 0 unspecified atom stereocenters. The fraction of sp³-hybridized carbons (Fsp3) is 0. The van der Waals surface area contributed by atoms with E-state index < -0.39 is 0 Å². The Morgan fingerprint density at radius 1 is 0.889 bits per heavy atom. The fourth-order valence-corrected chi connectivity index (χ4v) is 0.192. The quantitative estimate of drug-likeness (QED) is 0.398. The van der Waals surface area contributed by atoms with Gasteiger partial charge >= 0.3 is 0 Å². The van der Waals surface area contributed by atoms with Gasteiger partial charge in [-0.2, -0.15) is 0 Å². The van der Waals surface area contributed by atoms with E-state index in [2.05, 4.69) is 35.5 Å². The SMILES string of the molecule is C#CC#C[CH]C#CC#C. The van der Waals surface area contributed by atoms with Gasteiger partial charge in [0.1, 0.15) is 6.42 Å². The largest absolute Gasteiger partial charge is 0.108 e. The number of hydrogen-bond acceptors (Lipinski definition) is 0. The maximum atomic E-state index is 4.81. The lowest BCUT2D eigenvalue weighted by Crippen LogP contribution is -1.58. The maximum absolute atomic E-state index is 4.81. The first-order chi connectivity index (χ1) is 4.41. The fourth-order valence-electron chi connectivity index (χ4n) is 0.192. The van der Waals surface area contributed by atoms with E-state index >= 15 is 0 Å². The van der Waals surface area contributed by atoms with Crippen molar-refractivity contribution in [3.8, 4) is 48.4 Å². The van der Waals surface area contributed by atoms with E-state index in [4.69, 9.17) is 12.8 Å². The zero-order valence-electron chi connectivity index (χ0n) is 4.73. The van der Waals surface area contributed by atoms with Crippen molar-refractivity contribution < 1.29 is 0 Å². The van der Waals surface area contributed by atoms with Crippen LogP contribution >= 0.6 is 0 Å². The summed E-state index contributed by atoms with van der Waals surface area (Å²) in [5.74, 6) is 14.0. The van der Waals surface area contributed by atoms with Gasteiger partial charge in [-0.1, -0.05) is 11.8 Å². The van der Waals surface area contributed by atoms with Crippen LogP contribution in [-0.4, -0.2) is 0 Å². The first-order valence-electron chi connectivity index (χ1n) is 2.15. The van der Waals surface area contributed by atoms with Gasteiger partial charge in [-0.25, -0.2) is 0 Å². The highest BCUT2D eigenvalue weighted by atomic mass is 13.6. The molecule has 0 heterocycles. The molecule has 1 radical (unpaired) electrons. The van der Waals surface area contributed by atoms with Gasteiger partial charge in [0.05, 0.1) is 0 Å². The van der Waals surface area contributed by atoms with Crippen molar-refractivity contribution in [3.05, 3.63) is 6.42 Å². The molecular weight excluding hydrogens is 108 g/mol. The molecule has 0 heteroatoms. The van der Waals surface area contributed by atoms with Crippen LogP contribution in [0.25, 0.3) is 0 Å². The Hall–Kier alpha value is -1.76. The third-order valence-corrected chi connectivity index (χ3v) is 0.433. The molecule has 0 aliphatic heterocycles. The van der Waals surface area contributed by atoms with Gasteiger partial charge in [-0.05, 0) is 23.7 Å². The minimum absolute atomic E-state index is 1.42. The van der Waals surface area contributed by atoms with E-state index in [1.54, 1.807) is 0 Å². The lowest BCUT2D eigenvalue weighted by Gasteiger charge is -1.61. The Bertz CT molecular complexity index is 230. The van der Waals surface area contributed by atoms with Crippen LogP contribution in [0.2, 0.25) is 0 Å². The summed E-state index contributed by atoms with van der Waals surface area (Å²) in [6, 6.07) is 0. The average Bonchev–Trinajstić information content (AvgIpc) is 1.89. The molecule has 39 valence electrons. The predicted molar refractivity (Wildman–Crippen MR) is 37.5 cm³/mol. The lowest BCUT2D eigenvalue weighted by molar-refractivity contribution is 2.01. The Labute approximate surface area is 55.7 Å². The van der Waals surface area contributed by atoms with Gasteiger partial charge < -0.3 is 0 Å². The summed E-state index contributed by atoms with van der Waals surface area (Å²) >= 11 is 0. The topological polar surface area (TPSA) is 0 Å². The lowest BCUT2D eigenvalue weighted by atomic mass is 10.4. The van der Waals surface area contributed by atoms with Crippen LogP contribution in [-0.2, 0) is 0 Å². The number of hydrogen-bond donors (Lipinski definition) is 0. The molecule has 0 N–H and O–H groups in total. The van der Waals surface area contributed by atoms with Gasteiger partial charge in [0.25, 0.3) is 0 Å². The molecule has 0 saturated heterocycles. The van der Waals surface area contributed by atoms with Crippen LogP contribution in [0.3, 0.4) is 0 Å². The molecule has 0 rings (SSSR count). The van der Waals surface area contributed by atoms with Gasteiger partial charge in [0.2, 0.25) is 0 Å². The smallest absolute Gasteiger partial charge is 0.106 e. The number of terminal acetylenes is 2. The monoisotopic (exact) mass is 111 g/mol. The third-order valence-electron chi connectivity index (χ3n) is 0.433. The highest BCUT2D eigenvalue weighted by molar-refractivity contribution is 5.35. The van der Waals surface area contributed by atoms with E-state index in [-0.39, 0.29) is 0 Å². The average molecular weight is 111 g/mol. The van der Waals surface area contributed by atoms with E-state index in [9.17, 15) is 0 Å². The zero-order valence-corrected chi connectivity index (χ0v) is 4.73. The molecule has 0 aliphatic carbocycles. The van der Waals surface area contributed by atoms with E-state index in [1.165, 1.54) is 6.42 Å². The van der Waals surface area contributed by atoms with Gasteiger partial charge in [-0.15, -0.1) is 12.8 Å². The van der Waals surface area contributed by atoms with E-state index in [0.29, 0.717) is 0 Å². The minimum Gasteiger partial charge on any atom is -0.106 e. The summed E-state index contributed by atoms with van der Waals surface area (Å²) in [6.07, 6.45) is 11.0. The summed E-state index contributed by atoms with van der Waals surface area (Å²) in [6.45, 7) is 0. The molecule has 9 heavy (non-hydrogen) atoms. The van der Waals surface area contributed by atoms with Gasteiger partial charge in [-0.3, -0.25) is 0 Å². The molecule has 0 atom stereocenters. The second kappa shape index (κ2) is 6.24. The highest BCUT2D eigenvalue weighted by Crippen LogP contribution is 1.64. The molecule has 0 nitrogen and oxygen atoms in total.